The lowest BCUT2D eigenvalue weighted by atomic mass is 10.2. The van der Waals surface area contributed by atoms with Crippen molar-refractivity contribution in [3.05, 3.63) is 65.7 Å². The van der Waals surface area contributed by atoms with Crippen LogP contribution in [0.25, 0.3) is 0 Å². The van der Waals surface area contributed by atoms with Gasteiger partial charge in [-0.1, -0.05) is 30.3 Å². The molecular formula is C15H17N3O2S. The third-order valence-electron chi connectivity index (χ3n) is 3.15. The van der Waals surface area contributed by atoms with Gasteiger partial charge in [-0.05, 0) is 29.8 Å². The second-order valence-electron chi connectivity index (χ2n) is 4.67. The van der Waals surface area contributed by atoms with E-state index >= 15 is 0 Å². The Morgan fingerprint density at radius 2 is 1.67 bits per heavy atom. The fraction of sp³-hybridized carbons (Fsp3) is 0.133. The Hall–Kier alpha value is -2.34. The summed E-state index contributed by atoms with van der Waals surface area (Å²) in [6, 6.07) is 15.6. The number of nitrogens with one attached hydrogen (secondary N) is 1. The highest BCUT2D eigenvalue weighted by Gasteiger charge is 2.19. The molecule has 0 aromatic heterocycles. The second kappa shape index (κ2) is 5.97. The van der Waals surface area contributed by atoms with Gasteiger partial charge >= 0.3 is 0 Å². The molecule has 0 aliphatic heterocycles. The molecule has 0 amide bonds. The Kier molecular flexibility index (Phi) is 4.28. The van der Waals surface area contributed by atoms with Crippen LogP contribution in [0.15, 0.2) is 54.6 Å². The number of amidine groups is 1. The topological polar surface area (TPSA) is 87.2 Å². The van der Waals surface area contributed by atoms with E-state index in [1.54, 1.807) is 36.4 Å². The predicted octanol–water partition coefficient (Wildman–Crippen LogP) is 1.94. The Bertz CT molecular complexity index is 725. The molecule has 0 heterocycles. The average molecular weight is 303 g/mol. The van der Waals surface area contributed by atoms with E-state index in [0.717, 1.165) is 5.56 Å². The molecule has 0 aliphatic rings. The van der Waals surface area contributed by atoms with Gasteiger partial charge in [0.05, 0.1) is 11.4 Å². The zero-order chi connectivity index (χ0) is 15.5. The van der Waals surface area contributed by atoms with E-state index in [2.05, 4.69) is 0 Å². The SMILES string of the molecule is CN(c1ccc(C(=N)N)cc1)S(=O)(=O)Cc1ccccc1. The molecule has 3 N–H and O–H groups in total. The monoisotopic (exact) mass is 303 g/mol. The van der Waals surface area contributed by atoms with Crippen LogP contribution < -0.4 is 10.0 Å². The van der Waals surface area contributed by atoms with Gasteiger partial charge in [0, 0.05) is 12.6 Å². The summed E-state index contributed by atoms with van der Waals surface area (Å²) in [5.41, 5.74) is 7.22. The van der Waals surface area contributed by atoms with Gasteiger partial charge in [-0.15, -0.1) is 0 Å². The highest BCUT2D eigenvalue weighted by atomic mass is 32.2. The van der Waals surface area contributed by atoms with E-state index in [4.69, 9.17) is 11.1 Å². The van der Waals surface area contributed by atoms with Crippen LogP contribution in [0.2, 0.25) is 0 Å². The molecule has 5 nitrogen and oxygen atoms in total. The maximum atomic E-state index is 12.4. The Labute approximate surface area is 124 Å². The highest BCUT2D eigenvalue weighted by molar-refractivity contribution is 7.92. The third kappa shape index (κ3) is 3.61. The van der Waals surface area contributed by atoms with Gasteiger partial charge in [-0.3, -0.25) is 9.71 Å². The lowest BCUT2D eigenvalue weighted by Crippen LogP contribution is -2.28. The van der Waals surface area contributed by atoms with E-state index in [0.29, 0.717) is 11.3 Å². The third-order valence-corrected chi connectivity index (χ3v) is 4.89. The smallest absolute Gasteiger partial charge is 0.239 e. The van der Waals surface area contributed by atoms with E-state index in [1.807, 2.05) is 18.2 Å². The first kappa shape index (κ1) is 15.1. The number of sulfonamides is 1. The molecule has 6 heteroatoms. The van der Waals surface area contributed by atoms with Crippen LogP contribution in [0.4, 0.5) is 5.69 Å². The minimum absolute atomic E-state index is 0.0451. The lowest BCUT2D eigenvalue weighted by molar-refractivity contribution is 0.593. The van der Waals surface area contributed by atoms with Gasteiger partial charge in [0.2, 0.25) is 10.0 Å². The standard InChI is InChI=1S/C15H17N3O2S/c1-18(14-9-7-13(8-10-14)15(16)17)21(19,20)11-12-5-3-2-4-6-12/h2-10H,11H2,1H3,(H3,16,17). The summed E-state index contributed by atoms with van der Waals surface area (Å²) in [6.07, 6.45) is 0. The van der Waals surface area contributed by atoms with Crippen molar-refractivity contribution in [1.82, 2.24) is 0 Å². The molecule has 0 radical (unpaired) electrons. The zero-order valence-electron chi connectivity index (χ0n) is 11.7. The average Bonchev–Trinajstić information content (AvgIpc) is 2.47. The van der Waals surface area contributed by atoms with Crippen LogP contribution in [0.5, 0.6) is 0 Å². The van der Waals surface area contributed by atoms with Crippen molar-refractivity contribution < 1.29 is 8.42 Å². The summed E-state index contributed by atoms with van der Waals surface area (Å²) in [4.78, 5) is 0. The zero-order valence-corrected chi connectivity index (χ0v) is 12.5. The number of rotatable bonds is 5. The van der Waals surface area contributed by atoms with E-state index < -0.39 is 10.0 Å². The van der Waals surface area contributed by atoms with Crippen molar-refractivity contribution in [2.45, 2.75) is 5.75 Å². The molecule has 0 atom stereocenters. The summed E-state index contributed by atoms with van der Waals surface area (Å²) in [5.74, 6) is -0.102. The second-order valence-corrected chi connectivity index (χ2v) is 6.67. The molecule has 0 bridgehead atoms. The van der Waals surface area contributed by atoms with Crippen molar-refractivity contribution in [2.24, 2.45) is 5.73 Å². The van der Waals surface area contributed by atoms with Crippen molar-refractivity contribution in [2.75, 3.05) is 11.4 Å². The summed E-state index contributed by atoms with van der Waals surface area (Å²) < 4.78 is 26.0. The largest absolute Gasteiger partial charge is 0.384 e. The van der Waals surface area contributed by atoms with Crippen molar-refractivity contribution in [3.63, 3.8) is 0 Å². The Morgan fingerprint density at radius 3 is 2.19 bits per heavy atom. The number of benzene rings is 2. The van der Waals surface area contributed by atoms with Crippen molar-refractivity contribution >= 4 is 21.5 Å². The van der Waals surface area contributed by atoms with Crippen LogP contribution in [0.3, 0.4) is 0 Å². The number of hydrogen-bond donors (Lipinski definition) is 2. The number of anilines is 1. The maximum absolute atomic E-state index is 12.4. The molecule has 0 saturated heterocycles. The van der Waals surface area contributed by atoms with Crippen LogP contribution >= 0.6 is 0 Å². The predicted molar refractivity (Wildman–Crippen MR) is 84.9 cm³/mol. The molecule has 0 unspecified atom stereocenters. The summed E-state index contributed by atoms with van der Waals surface area (Å²) in [7, 11) is -1.94. The van der Waals surface area contributed by atoms with Crippen LogP contribution in [0.1, 0.15) is 11.1 Å². The first-order valence-electron chi connectivity index (χ1n) is 6.35. The number of nitrogens with two attached hydrogens (primary N) is 1. The molecule has 21 heavy (non-hydrogen) atoms. The first-order chi connectivity index (χ1) is 9.90. The number of hydrogen-bond acceptors (Lipinski definition) is 3. The fourth-order valence-electron chi connectivity index (χ4n) is 1.89. The van der Waals surface area contributed by atoms with Gasteiger partial charge in [0.1, 0.15) is 5.84 Å². The molecule has 0 saturated carbocycles. The molecule has 2 rings (SSSR count). The Balaban J connectivity index is 2.21. The van der Waals surface area contributed by atoms with Crippen LogP contribution in [-0.2, 0) is 15.8 Å². The van der Waals surface area contributed by atoms with Gasteiger partial charge in [-0.2, -0.15) is 0 Å². The highest BCUT2D eigenvalue weighted by Crippen LogP contribution is 2.19. The van der Waals surface area contributed by atoms with Crippen LogP contribution in [-0.4, -0.2) is 21.3 Å². The van der Waals surface area contributed by atoms with Crippen LogP contribution in [0, 0.1) is 5.41 Å². The van der Waals surface area contributed by atoms with Crippen molar-refractivity contribution in [3.8, 4) is 0 Å². The molecule has 110 valence electrons. The van der Waals surface area contributed by atoms with E-state index in [9.17, 15) is 8.42 Å². The van der Waals surface area contributed by atoms with E-state index in [-0.39, 0.29) is 11.6 Å². The number of nitrogens with zero attached hydrogens (tertiary/aromatic N) is 1. The Morgan fingerprint density at radius 1 is 1.10 bits per heavy atom. The van der Waals surface area contributed by atoms with Gasteiger partial charge in [0.25, 0.3) is 0 Å². The minimum Gasteiger partial charge on any atom is -0.384 e. The molecule has 2 aromatic rings. The number of nitrogen functional groups attached to an aromatic ring is 1. The first-order valence-corrected chi connectivity index (χ1v) is 7.96. The molecule has 0 fully saturated rings. The molecule has 0 spiro atoms. The molecular weight excluding hydrogens is 286 g/mol. The van der Waals surface area contributed by atoms with Crippen molar-refractivity contribution in [1.29, 1.82) is 5.41 Å². The molecule has 0 aliphatic carbocycles. The summed E-state index contributed by atoms with van der Waals surface area (Å²) >= 11 is 0. The van der Waals surface area contributed by atoms with Gasteiger partial charge in [0.15, 0.2) is 0 Å². The summed E-state index contributed by atoms with van der Waals surface area (Å²) in [5, 5.41) is 7.33. The maximum Gasteiger partial charge on any atom is 0.239 e. The fourth-order valence-corrected chi connectivity index (χ4v) is 3.14. The quantitative estimate of drug-likeness (QED) is 0.653. The van der Waals surface area contributed by atoms with E-state index in [1.165, 1.54) is 11.4 Å². The van der Waals surface area contributed by atoms with Gasteiger partial charge in [-0.25, -0.2) is 8.42 Å². The van der Waals surface area contributed by atoms with Gasteiger partial charge < -0.3 is 5.73 Å². The lowest BCUT2D eigenvalue weighted by Gasteiger charge is -2.19. The molecule has 2 aromatic carbocycles. The summed E-state index contributed by atoms with van der Waals surface area (Å²) in [6.45, 7) is 0. The normalized spacial score (nSPS) is 11.1. The minimum atomic E-state index is -3.45.